The largest absolute Gasteiger partial charge is 0.334 e. The second kappa shape index (κ2) is 10.4. The molecule has 174 valence electrons. The number of rotatable bonds is 7. The van der Waals surface area contributed by atoms with Gasteiger partial charge in [-0.15, -0.1) is 0 Å². The first-order valence-corrected chi connectivity index (χ1v) is 11.6. The minimum Gasteiger partial charge on any atom is -0.334 e. The third-order valence-corrected chi connectivity index (χ3v) is 6.06. The summed E-state index contributed by atoms with van der Waals surface area (Å²) in [6, 6.07) is 24.0. The Labute approximate surface area is 200 Å². The molecule has 0 unspecified atom stereocenters. The van der Waals surface area contributed by atoms with Crippen molar-refractivity contribution in [2.75, 3.05) is 6.54 Å². The summed E-state index contributed by atoms with van der Waals surface area (Å²) < 4.78 is 0. The maximum atomic E-state index is 13.2. The number of aromatic amines is 1. The van der Waals surface area contributed by atoms with Crippen molar-refractivity contribution < 1.29 is 4.79 Å². The van der Waals surface area contributed by atoms with Gasteiger partial charge in [-0.1, -0.05) is 71.8 Å². The second-order valence-electron chi connectivity index (χ2n) is 8.97. The number of hydrogen-bond acceptors (Lipinski definition) is 2. The molecule has 0 atom stereocenters. The van der Waals surface area contributed by atoms with E-state index in [2.05, 4.69) is 47.6 Å². The van der Waals surface area contributed by atoms with Crippen LogP contribution in [0.2, 0.25) is 0 Å². The average molecular weight is 454 g/mol. The zero-order valence-corrected chi connectivity index (χ0v) is 20.0. The van der Waals surface area contributed by atoms with Crippen LogP contribution >= 0.6 is 0 Å². The molecule has 5 nitrogen and oxygen atoms in total. The van der Waals surface area contributed by atoms with Crippen molar-refractivity contribution in [2.24, 2.45) is 0 Å². The lowest BCUT2D eigenvalue weighted by atomic mass is 10.0. The van der Waals surface area contributed by atoms with Crippen molar-refractivity contribution >= 4 is 16.9 Å². The lowest BCUT2D eigenvalue weighted by Crippen LogP contribution is -2.41. The number of aryl methyl sites for hydroxylation is 3. The Bertz CT molecular complexity index is 1360. The van der Waals surface area contributed by atoms with E-state index in [1.165, 1.54) is 11.1 Å². The van der Waals surface area contributed by atoms with Gasteiger partial charge in [-0.3, -0.25) is 4.79 Å². The van der Waals surface area contributed by atoms with Crippen LogP contribution in [0.25, 0.3) is 10.9 Å². The highest BCUT2D eigenvalue weighted by Crippen LogP contribution is 2.19. The molecule has 0 aliphatic rings. The highest BCUT2D eigenvalue weighted by molar-refractivity contribution is 5.83. The number of pyridine rings is 1. The number of carbonyl (C=O) groups is 1. The Morgan fingerprint density at radius 3 is 2.41 bits per heavy atom. The summed E-state index contributed by atoms with van der Waals surface area (Å²) in [7, 11) is 0. The first kappa shape index (κ1) is 23.3. The van der Waals surface area contributed by atoms with E-state index >= 15 is 0 Å². The molecule has 0 aliphatic carbocycles. The molecule has 0 spiro atoms. The number of fused-ring (bicyclic) bond motifs is 1. The van der Waals surface area contributed by atoms with Crippen LogP contribution in [-0.2, 0) is 19.5 Å². The van der Waals surface area contributed by atoms with Crippen molar-refractivity contribution in [3.63, 3.8) is 0 Å². The fraction of sp³-hybridized carbons (Fsp3) is 0.241. The Balaban J connectivity index is 1.58. The average Bonchev–Trinajstić information content (AvgIpc) is 2.81. The summed E-state index contributed by atoms with van der Waals surface area (Å²) >= 11 is 0. The van der Waals surface area contributed by atoms with Crippen LogP contribution in [0.4, 0.5) is 4.79 Å². The molecule has 0 bridgehead atoms. The molecule has 2 amide bonds. The predicted octanol–water partition coefficient (Wildman–Crippen LogP) is 5.41. The van der Waals surface area contributed by atoms with E-state index in [0.29, 0.717) is 25.1 Å². The molecule has 1 heterocycles. The molecule has 34 heavy (non-hydrogen) atoms. The normalized spacial score (nSPS) is 10.9. The molecule has 4 rings (SSSR count). The molecule has 0 aliphatic heterocycles. The number of carbonyl (C=O) groups excluding carboxylic acids is 1. The van der Waals surface area contributed by atoms with Crippen LogP contribution < -0.4 is 10.9 Å². The first-order valence-electron chi connectivity index (χ1n) is 11.6. The Hall–Kier alpha value is -3.86. The zero-order chi connectivity index (χ0) is 24.1. The van der Waals surface area contributed by atoms with Crippen LogP contribution in [0.3, 0.4) is 0 Å². The van der Waals surface area contributed by atoms with E-state index in [-0.39, 0.29) is 18.1 Å². The highest BCUT2D eigenvalue weighted by atomic mass is 16.2. The fourth-order valence-electron chi connectivity index (χ4n) is 4.32. The summed E-state index contributed by atoms with van der Waals surface area (Å²) in [5, 5.41) is 4.00. The van der Waals surface area contributed by atoms with Gasteiger partial charge in [0.1, 0.15) is 0 Å². The minimum atomic E-state index is -0.184. The van der Waals surface area contributed by atoms with Gasteiger partial charge in [0.15, 0.2) is 0 Å². The van der Waals surface area contributed by atoms with Gasteiger partial charge in [0.25, 0.3) is 5.56 Å². The number of nitrogens with one attached hydrogen (secondary N) is 2. The van der Waals surface area contributed by atoms with Gasteiger partial charge in [-0.2, -0.15) is 0 Å². The van der Waals surface area contributed by atoms with Gasteiger partial charge in [0.05, 0.1) is 12.1 Å². The summed E-state index contributed by atoms with van der Waals surface area (Å²) in [4.78, 5) is 30.9. The van der Waals surface area contributed by atoms with E-state index in [1.54, 1.807) is 4.90 Å². The lowest BCUT2D eigenvalue weighted by Gasteiger charge is -2.23. The standard InChI is InChI=1S/C29H31N3O2/c1-20-8-7-11-23(15-20)12-13-32(29(34)30-18-24-9-5-4-6-10-24)19-26-17-25-16-21(2)14-22(3)27(25)31-28(26)33/h4-11,14-17H,12-13,18-19H2,1-3H3,(H,30,34)(H,31,33). The Morgan fingerprint density at radius 2 is 1.65 bits per heavy atom. The van der Waals surface area contributed by atoms with Crippen molar-refractivity contribution in [3.05, 3.63) is 117 Å². The third-order valence-electron chi connectivity index (χ3n) is 6.06. The van der Waals surface area contributed by atoms with Crippen LogP contribution in [0.15, 0.2) is 77.6 Å². The van der Waals surface area contributed by atoms with Gasteiger partial charge < -0.3 is 15.2 Å². The topological polar surface area (TPSA) is 65.2 Å². The van der Waals surface area contributed by atoms with Crippen molar-refractivity contribution in [1.82, 2.24) is 15.2 Å². The third kappa shape index (κ3) is 5.73. The minimum absolute atomic E-state index is 0.157. The first-order chi connectivity index (χ1) is 16.4. The summed E-state index contributed by atoms with van der Waals surface area (Å²) in [6.07, 6.45) is 0.712. The van der Waals surface area contributed by atoms with Crippen LogP contribution in [0.5, 0.6) is 0 Å². The summed E-state index contributed by atoms with van der Waals surface area (Å²) in [5.74, 6) is 0. The summed E-state index contributed by atoms with van der Waals surface area (Å²) in [5.41, 5.74) is 6.83. The molecule has 3 aromatic carbocycles. The number of benzene rings is 3. The number of H-pyrrole nitrogens is 1. The number of nitrogens with zero attached hydrogens (tertiary/aromatic N) is 1. The smallest absolute Gasteiger partial charge is 0.317 e. The molecule has 1 aromatic heterocycles. The Morgan fingerprint density at radius 1 is 0.882 bits per heavy atom. The monoisotopic (exact) mass is 453 g/mol. The van der Waals surface area contributed by atoms with Gasteiger partial charge >= 0.3 is 6.03 Å². The predicted molar refractivity (Wildman–Crippen MR) is 138 cm³/mol. The quantitative estimate of drug-likeness (QED) is 0.393. The molecule has 5 heteroatoms. The van der Waals surface area contributed by atoms with E-state index in [0.717, 1.165) is 27.6 Å². The highest BCUT2D eigenvalue weighted by Gasteiger charge is 2.17. The molecule has 0 radical (unpaired) electrons. The second-order valence-corrected chi connectivity index (χ2v) is 8.97. The van der Waals surface area contributed by atoms with Crippen LogP contribution in [0, 0.1) is 20.8 Å². The lowest BCUT2D eigenvalue weighted by molar-refractivity contribution is 0.195. The molecule has 4 aromatic rings. The van der Waals surface area contributed by atoms with E-state index in [1.807, 2.05) is 56.3 Å². The number of hydrogen-bond donors (Lipinski definition) is 2. The van der Waals surface area contributed by atoms with Gasteiger partial charge in [0.2, 0.25) is 0 Å². The van der Waals surface area contributed by atoms with Gasteiger partial charge in [-0.25, -0.2) is 4.79 Å². The molecule has 0 fully saturated rings. The molecular weight excluding hydrogens is 422 g/mol. The maximum absolute atomic E-state index is 13.2. The van der Waals surface area contributed by atoms with Gasteiger partial charge in [0, 0.05) is 18.7 Å². The van der Waals surface area contributed by atoms with Crippen LogP contribution in [-0.4, -0.2) is 22.5 Å². The van der Waals surface area contributed by atoms with Crippen molar-refractivity contribution in [3.8, 4) is 0 Å². The molecular formula is C29H31N3O2. The fourth-order valence-corrected chi connectivity index (χ4v) is 4.32. The van der Waals surface area contributed by atoms with Crippen molar-refractivity contribution in [1.29, 1.82) is 0 Å². The van der Waals surface area contributed by atoms with E-state index in [9.17, 15) is 9.59 Å². The van der Waals surface area contributed by atoms with Gasteiger partial charge in [-0.05, 0) is 61.4 Å². The van der Waals surface area contributed by atoms with E-state index in [4.69, 9.17) is 0 Å². The maximum Gasteiger partial charge on any atom is 0.317 e. The molecule has 0 saturated heterocycles. The zero-order valence-electron chi connectivity index (χ0n) is 20.0. The molecule has 0 saturated carbocycles. The van der Waals surface area contributed by atoms with Crippen LogP contribution in [0.1, 0.15) is 33.4 Å². The SMILES string of the molecule is Cc1cccc(CCN(Cc2cc3cc(C)cc(C)c3[nH]c2=O)C(=O)NCc2ccccc2)c1. The number of urea groups is 1. The van der Waals surface area contributed by atoms with E-state index < -0.39 is 0 Å². The molecule has 2 N–H and O–H groups in total. The number of amides is 2. The Kier molecular flexibility index (Phi) is 7.12. The summed E-state index contributed by atoms with van der Waals surface area (Å²) in [6.45, 7) is 7.29. The number of aromatic nitrogens is 1. The van der Waals surface area contributed by atoms with Crippen molar-refractivity contribution in [2.45, 2.75) is 40.3 Å².